The zero-order chi connectivity index (χ0) is 9.26. The SMILES string of the molecule is CCn1ccnc1-n1cc(I)cn1. The maximum atomic E-state index is 4.23. The minimum atomic E-state index is 0.866. The van der Waals surface area contributed by atoms with E-state index < -0.39 is 0 Å². The summed E-state index contributed by atoms with van der Waals surface area (Å²) in [5.74, 6) is 0.866. The smallest absolute Gasteiger partial charge is 0.230 e. The van der Waals surface area contributed by atoms with Crippen LogP contribution in [0.25, 0.3) is 5.95 Å². The van der Waals surface area contributed by atoms with E-state index in [4.69, 9.17) is 0 Å². The van der Waals surface area contributed by atoms with Crippen molar-refractivity contribution in [3.05, 3.63) is 28.4 Å². The fraction of sp³-hybridized carbons (Fsp3) is 0.250. The standard InChI is InChI=1S/C8H9IN4/c1-2-12-4-3-10-8(12)13-6-7(9)5-11-13/h3-6H,2H2,1H3. The van der Waals surface area contributed by atoms with Crippen LogP contribution in [0.5, 0.6) is 0 Å². The molecule has 68 valence electrons. The van der Waals surface area contributed by atoms with E-state index in [9.17, 15) is 0 Å². The first-order valence-corrected chi connectivity index (χ1v) is 5.11. The second-order valence-electron chi connectivity index (χ2n) is 2.62. The van der Waals surface area contributed by atoms with Crippen molar-refractivity contribution in [1.82, 2.24) is 19.3 Å². The van der Waals surface area contributed by atoms with Gasteiger partial charge in [0.05, 0.1) is 9.77 Å². The second-order valence-corrected chi connectivity index (χ2v) is 3.86. The normalized spacial score (nSPS) is 10.6. The van der Waals surface area contributed by atoms with E-state index in [1.54, 1.807) is 10.9 Å². The summed E-state index contributed by atoms with van der Waals surface area (Å²) in [6, 6.07) is 0. The molecular weight excluding hydrogens is 279 g/mol. The zero-order valence-electron chi connectivity index (χ0n) is 7.18. The van der Waals surface area contributed by atoms with Gasteiger partial charge in [0.2, 0.25) is 5.95 Å². The third-order valence-electron chi connectivity index (χ3n) is 1.79. The number of hydrogen-bond acceptors (Lipinski definition) is 2. The van der Waals surface area contributed by atoms with Crippen molar-refractivity contribution < 1.29 is 0 Å². The lowest BCUT2D eigenvalue weighted by atomic mass is 10.7. The molecule has 0 radical (unpaired) electrons. The van der Waals surface area contributed by atoms with Crippen LogP contribution >= 0.6 is 22.6 Å². The molecule has 0 aliphatic heterocycles. The van der Waals surface area contributed by atoms with Crippen LogP contribution in [0, 0.1) is 3.57 Å². The van der Waals surface area contributed by atoms with Crippen molar-refractivity contribution in [3.63, 3.8) is 0 Å². The van der Waals surface area contributed by atoms with Crippen molar-refractivity contribution in [2.75, 3.05) is 0 Å². The van der Waals surface area contributed by atoms with Crippen LogP contribution in [0.15, 0.2) is 24.8 Å². The molecule has 0 bridgehead atoms. The minimum absolute atomic E-state index is 0.866. The van der Waals surface area contributed by atoms with Gasteiger partial charge in [-0.1, -0.05) is 0 Å². The van der Waals surface area contributed by atoms with E-state index >= 15 is 0 Å². The molecule has 0 aromatic carbocycles. The van der Waals surface area contributed by atoms with Crippen molar-refractivity contribution in [3.8, 4) is 5.95 Å². The summed E-state index contributed by atoms with van der Waals surface area (Å²) in [4.78, 5) is 4.23. The highest BCUT2D eigenvalue weighted by atomic mass is 127. The molecular formula is C8H9IN4. The van der Waals surface area contributed by atoms with Gasteiger partial charge in [-0.05, 0) is 29.5 Å². The van der Waals surface area contributed by atoms with Crippen molar-refractivity contribution in [2.24, 2.45) is 0 Å². The molecule has 2 heterocycles. The van der Waals surface area contributed by atoms with Gasteiger partial charge in [0.25, 0.3) is 0 Å². The number of hydrogen-bond donors (Lipinski definition) is 0. The maximum absolute atomic E-state index is 4.23. The Labute approximate surface area is 89.7 Å². The molecule has 0 aliphatic rings. The molecule has 2 rings (SSSR count). The summed E-state index contributed by atoms with van der Waals surface area (Å²) in [5.41, 5.74) is 0. The Hall–Kier alpha value is -0.850. The van der Waals surface area contributed by atoms with Gasteiger partial charge in [-0.15, -0.1) is 0 Å². The lowest BCUT2D eigenvalue weighted by Gasteiger charge is -2.02. The fourth-order valence-electron chi connectivity index (χ4n) is 1.17. The summed E-state index contributed by atoms with van der Waals surface area (Å²) < 4.78 is 4.94. The van der Waals surface area contributed by atoms with E-state index in [1.807, 2.05) is 23.2 Å². The van der Waals surface area contributed by atoms with Gasteiger partial charge in [0.15, 0.2) is 0 Å². The first kappa shape index (κ1) is 8.74. The zero-order valence-corrected chi connectivity index (χ0v) is 9.34. The lowest BCUT2D eigenvalue weighted by molar-refractivity contribution is 0.686. The predicted octanol–water partition coefficient (Wildman–Crippen LogP) is 1.69. The summed E-state index contributed by atoms with van der Waals surface area (Å²) in [6.07, 6.45) is 7.50. The molecule has 13 heavy (non-hydrogen) atoms. The first-order valence-electron chi connectivity index (χ1n) is 4.03. The van der Waals surface area contributed by atoms with E-state index in [-0.39, 0.29) is 0 Å². The highest BCUT2D eigenvalue weighted by Gasteiger charge is 2.04. The lowest BCUT2D eigenvalue weighted by Crippen LogP contribution is -2.05. The highest BCUT2D eigenvalue weighted by molar-refractivity contribution is 14.1. The summed E-state index contributed by atoms with van der Waals surface area (Å²) >= 11 is 2.23. The Kier molecular flexibility index (Phi) is 2.34. The van der Waals surface area contributed by atoms with E-state index in [0.29, 0.717) is 0 Å². The predicted molar refractivity (Wildman–Crippen MR) is 57.7 cm³/mol. The molecule has 5 heteroatoms. The average molecular weight is 288 g/mol. The van der Waals surface area contributed by atoms with Crippen LogP contribution in [0.3, 0.4) is 0 Å². The molecule has 0 N–H and O–H groups in total. The van der Waals surface area contributed by atoms with E-state index in [2.05, 4.69) is 39.6 Å². The monoisotopic (exact) mass is 288 g/mol. The third-order valence-corrected chi connectivity index (χ3v) is 2.35. The second kappa shape index (κ2) is 3.49. The Morgan fingerprint density at radius 2 is 2.38 bits per heavy atom. The van der Waals surface area contributed by atoms with Crippen LogP contribution in [-0.4, -0.2) is 19.3 Å². The van der Waals surface area contributed by atoms with Crippen molar-refractivity contribution in [2.45, 2.75) is 13.5 Å². The van der Waals surface area contributed by atoms with E-state index in [0.717, 1.165) is 16.1 Å². The number of imidazole rings is 1. The molecule has 2 aromatic rings. The van der Waals surface area contributed by atoms with Crippen LogP contribution in [0.1, 0.15) is 6.92 Å². The maximum Gasteiger partial charge on any atom is 0.230 e. The minimum Gasteiger partial charge on any atom is -0.316 e. The molecule has 2 aromatic heterocycles. The molecule has 0 amide bonds. The van der Waals surface area contributed by atoms with Gasteiger partial charge < -0.3 is 4.57 Å². The van der Waals surface area contributed by atoms with Gasteiger partial charge in [0.1, 0.15) is 0 Å². The van der Waals surface area contributed by atoms with Gasteiger partial charge in [-0.2, -0.15) is 5.10 Å². The Morgan fingerprint density at radius 1 is 1.54 bits per heavy atom. The van der Waals surface area contributed by atoms with Crippen LogP contribution < -0.4 is 0 Å². The molecule has 0 saturated heterocycles. The molecule has 0 atom stereocenters. The molecule has 0 saturated carbocycles. The average Bonchev–Trinajstić information content (AvgIpc) is 2.71. The fourth-order valence-corrected chi connectivity index (χ4v) is 1.56. The van der Waals surface area contributed by atoms with Gasteiger partial charge in [-0.25, -0.2) is 9.67 Å². The molecule has 0 spiro atoms. The largest absolute Gasteiger partial charge is 0.316 e. The van der Waals surface area contributed by atoms with Crippen LogP contribution in [-0.2, 0) is 6.54 Å². The van der Waals surface area contributed by atoms with E-state index in [1.165, 1.54) is 0 Å². The third kappa shape index (κ3) is 1.60. The van der Waals surface area contributed by atoms with Crippen LogP contribution in [0.2, 0.25) is 0 Å². The number of rotatable bonds is 2. The number of aromatic nitrogens is 4. The number of nitrogens with zero attached hydrogens (tertiary/aromatic N) is 4. The molecule has 0 fully saturated rings. The Morgan fingerprint density at radius 3 is 3.00 bits per heavy atom. The number of halogens is 1. The summed E-state index contributed by atoms with van der Waals surface area (Å²) in [6.45, 7) is 2.99. The topological polar surface area (TPSA) is 35.6 Å². The summed E-state index contributed by atoms with van der Waals surface area (Å²) in [5, 5.41) is 4.19. The molecule has 0 unspecified atom stereocenters. The quantitative estimate of drug-likeness (QED) is 0.788. The Balaban J connectivity index is 2.45. The first-order chi connectivity index (χ1) is 6.31. The summed E-state index contributed by atoms with van der Waals surface area (Å²) in [7, 11) is 0. The van der Waals surface area contributed by atoms with Crippen LogP contribution in [0.4, 0.5) is 0 Å². The Bertz CT molecular complexity index is 404. The van der Waals surface area contributed by atoms with Gasteiger partial charge in [-0.3, -0.25) is 0 Å². The molecule has 4 nitrogen and oxygen atoms in total. The highest BCUT2D eigenvalue weighted by Crippen LogP contribution is 2.07. The number of aryl methyl sites for hydroxylation is 1. The molecule has 0 aliphatic carbocycles. The van der Waals surface area contributed by atoms with Gasteiger partial charge in [0, 0.05) is 25.1 Å². The van der Waals surface area contributed by atoms with Gasteiger partial charge >= 0.3 is 0 Å². The van der Waals surface area contributed by atoms with Crippen molar-refractivity contribution >= 4 is 22.6 Å². The van der Waals surface area contributed by atoms with Crippen molar-refractivity contribution in [1.29, 1.82) is 0 Å².